The van der Waals surface area contributed by atoms with E-state index in [1.165, 1.54) is 0 Å². The summed E-state index contributed by atoms with van der Waals surface area (Å²) < 4.78 is 15.6. The molecule has 0 aromatic carbocycles. The fourth-order valence-electron chi connectivity index (χ4n) is 1.11. The summed E-state index contributed by atoms with van der Waals surface area (Å²) in [6, 6.07) is 0.640. The maximum absolute atomic E-state index is 10.7. The van der Waals surface area contributed by atoms with Gasteiger partial charge in [-0.25, -0.2) is 0 Å². The molecule has 0 bridgehead atoms. The number of hydrogen-bond donors (Lipinski definition) is 1. The van der Waals surface area contributed by atoms with Gasteiger partial charge in [0.15, 0.2) is 0 Å². The van der Waals surface area contributed by atoms with Crippen LogP contribution >= 0.6 is 0 Å². The van der Waals surface area contributed by atoms with Crippen molar-refractivity contribution in [2.75, 3.05) is 27.9 Å². The largest absolute Gasteiger partial charge is 0.500 e. The van der Waals surface area contributed by atoms with Gasteiger partial charge in [-0.05, 0) is 12.3 Å². The SMILES string of the molecule is C#CC(=O)NCCC[Si](OC)(OC)OC. The summed E-state index contributed by atoms with van der Waals surface area (Å²) >= 11 is 0. The van der Waals surface area contributed by atoms with Gasteiger partial charge >= 0.3 is 8.80 Å². The number of nitrogens with one attached hydrogen (secondary N) is 1. The highest BCUT2D eigenvalue weighted by Gasteiger charge is 2.36. The van der Waals surface area contributed by atoms with Gasteiger partial charge in [-0.3, -0.25) is 4.79 Å². The fraction of sp³-hybridized carbons (Fsp3) is 0.667. The second-order valence-electron chi connectivity index (χ2n) is 2.80. The first-order valence-electron chi connectivity index (χ1n) is 4.54. The van der Waals surface area contributed by atoms with Crippen molar-refractivity contribution in [3.05, 3.63) is 0 Å². The molecule has 15 heavy (non-hydrogen) atoms. The topological polar surface area (TPSA) is 56.8 Å². The van der Waals surface area contributed by atoms with E-state index in [1.807, 2.05) is 5.92 Å². The van der Waals surface area contributed by atoms with Crippen LogP contribution in [0, 0.1) is 12.3 Å². The number of terminal acetylenes is 1. The molecule has 0 saturated carbocycles. The van der Waals surface area contributed by atoms with Crippen molar-refractivity contribution in [1.82, 2.24) is 5.32 Å². The van der Waals surface area contributed by atoms with E-state index in [0.29, 0.717) is 19.0 Å². The molecular weight excluding hydrogens is 214 g/mol. The molecule has 0 aromatic rings. The van der Waals surface area contributed by atoms with Gasteiger partial charge in [-0.1, -0.05) is 0 Å². The number of amides is 1. The molecule has 0 unspecified atom stereocenters. The van der Waals surface area contributed by atoms with Gasteiger partial charge in [0.1, 0.15) is 0 Å². The maximum atomic E-state index is 10.7. The standard InChI is InChI=1S/C9H17NO4Si/c1-5-9(11)10-7-6-8-15(12-2,13-3)14-4/h1H,6-8H2,2-4H3,(H,10,11). The average molecular weight is 231 g/mol. The second kappa shape index (κ2) is 7.42. The van der Waals surface area contributed by atoms with Crippen LogP contribution in [-0.2, 0) is 18.1 Å². The molecule has 0 aromatic heterocycles. The van der Waals surface area contributed by atoms with Gasteiger partial charge in [0.25, 0.3) is 5.91 Å². The Morgan fingerprint density at radius 1 is 1.33 bits per heavy atom. The van der Waals surface area contributed by atoms with Crippen LogP contribution < -0.4 is 5.32 Å². The lowest BCUT2D eigenvalue weighted by Crippen LogP contribution is -2.43. The Bertz CT molecular complexity index is 226. The smallest absolute Gasteiger partial charge is 0.377 e. The number of carbonyl (C=O) groups is 1. The van der Waals surface area contributed by atoms with E-state index in [-0.39, 0.29) is 0 Å². The lowest BCUT2D eigenvalue weighted by Gasteiger charge is -2.24. The molecular formula is C9H17NO4Si. The molecule has 0 atom stereocenters. The van der Waals surface area contributed by atoms with Crippen LogP contribution in [0.25, 0.3) is 0 Å². The summed E-state index contributed by atoms with van der Waals surface area (Å²) in [4.78, 5) is 10.7. The molecule has 0 fully saturated rings. The van der Waals surface area contributed by atoms with Gasteiger partial charge in [-0.2, -0.15) is 0 Å². The highest BCUT2D eigenvalue weighted by Crippen LogP contribution is 2.14. The third-order valence-corrected chi connectivity index (χ3v) is 4.84. The second-order valence-corrected chi connectivity index (χ2v) is 5.89. The molecule has 1 N–H and O–H groups in total. The van der Waals surface area contributed by atoms with Gasteiger partial charge in [0, 0.05) is 33.9 Å². The third kappa shape index (κ3) is 4.95. The first kappa shape index (κ1) is 14.1. The minimum absolute atomic E-state index is 0.408. The zero-order valence-corrected chi connectivity index (χ0v) is 10.3. The van der Waals surface area contributed by atoms with Gasteiger partial charge in [-0.15, -0.1) is 6.42 Å². The molecule has 6 heteroatoms. The first-order valence-corrected chi connectivity index (χ1v) is 6.47. The first-order chi connectivity index (χ1) is 7.14. The van der Waals surface area contributed by atoms with Crippen LogP contribution in [0.4, 0.5) is 0 Å². The van der Waals surface area contributed by atoms with Crippen molar-refractivity contribution in [2.45, 2.75) is 12.5 Å². The molecule has 0 spiro atoms. The van der Waals surface area contributed by atoms with E-state index >= 15 is 0 Å². The monoisotopic (exact) mass is 231 g/mol. The summed E-state index contributed by atoms with van der Waals surface area (Å²) in [5, 5.41) is 2.56. The van der Waals surface area contributed by atoms with E-state index in [9.17, 15) is 4.79 Å². The van der Waals surface area contributed by atoms with Crippen LogP contribution in [-0.4, -0.2) is 42.6 Å². The zero-order chi connectivity index (χ0) is 11.7. The third-order valence-electron chi connectivity index (χ3n) is 2.01. The number of hydrogen-bond acceptors (Lipinski definition) is 4. The molecule has 0 aliphatic heterocycles. The summed E-state index contributed by atoms with van der Waals surface area (Å²) in [5.41, 5.74) is 0. The predicted molar refractivity (Wildman–Crippen MR) is 58.0 cm³/mol. The molecule has 0 radical (unpaired) electrons. The molecule has 0 heterocycles. The van der Waals surface area contributed by atoms with E-state index in [0.717, 1.165) is 0 Å². The Balaban J connectivity index is 3.82. The molecule has 86 valence electrons. The average Bonchev–Trinajstić information content (AvgIpc) is 2.30. The Labute approximate surface area is 91.5 Å². The highest BCUT2D eigenvalue weighted by molar-refractivity contribution is 6.60. The zero-order valence-electron chi connectivity index (χ0n) is 9.33. The summed E-state index contributed by atoms with van der Waals surface area (Å²) in [7, 11) is 2.16. The van der Waals surface area contributed by atoms with Crippen LogP contribution in [0.3, 0.4) is 0 Å². The predicted octanol–water partition coefficient (Wildman–Crippen LogP) is 0.00400. The Hall–Kier alpha value is -0.873. The van der Waals surface area contributed by atoms with E-state index < -0.39 is 14.7 Å². The minimum atomic E-state index is -2.50. The number of rotatable bonds is 7. The van der Waals surface area contributed by atoms with Gasteiger partial charge in [0.2, 0.25) is 0 Å². The van der Waals surface area contributed by atoms with Crippen LogP contribution in [0.5, 0.6) is 0 Å². The molecule has 5 nitrogen and oxygen atoms in total. The summed E-state index contributed by atoms with van der Waals surface area (Å²) in [6.45, 7) is 0.494. The number of carbonyl (C=O) groups excluding carboxylic acids is 1. The van der Waals surface area contributed by atoms with Crippen LogP contribution in [0.15, 0.2) is 0 Å². The molecule has 0 rings (SSSR count). The van der Waals surface area contributed by atoms with Gasteiger partial charge in [0.05, 0.1) is 0 Å². The molecule has 0 aliphatic carbocycles. The lowest BCUT2D eigenvalue weighted by atomic mass is 10.4. The van der Waals surface area contributed by atoms with E-state index in [2.05, 4.69) is 5.32 Å². The Morgan fingerprint density at radius 2 is 1.87 bits per heavy atom. The van der Waals surface area contributed by atoms with Crippen molar-refractivity contribution < 1.29 is 18.1 Å². The molecule has 0 saturated heterocycles. The normalized spacial score (nSPS) is 10.8. The van der Waals surface area contributed by atoms with E-state index in [1.54, 1.807) is 21.3 Å². The minimum Gasteiger partial charge on any atom is -0.377 e. The summed E-state index contributed by atoms with van der Waals surface area (Å²) in [6.07, 6.45) is 5.59. The fourth-order valence-corrected chi connectivity index (χ4v) is 2.84. The van der Waals surface area contributed by atoms with Crippen molar-refractivity contribution in [3.8, 4) is 12.3 Å². The molecule has 1 amide bonds. The van der Waals surface area contributed by atoms with Crippen LogP contribution in [0.2, 0.25) is 6.04 Å². The van der Waals surface area contributed by atoms with Crippen molar-refractivity contribution in [3.63, 3.8) is 0 Å². The highest BCUT2D eigenvalue weighted by atomic mass is 28.4. The quantitative estimate of drug-likeness (QED) is 0.381. The maximum Gasteiger partial charge on any atom is 0.500 e. The Morgan fingerprint density at radius 3 is 2.27 bits per heavy atom. The Kier molecular flexibility index (Phi) is 6.99. The van der Waals surface area contributed by atoms with Gasteiger partial charge < -0.3 is 18.6 Å². The van der Waals surface area contributed by atoms with Crippen molar-refractivity contribution in [1.29, 1.82) is 0 Å². The van der Waals surface area contributed by atoms with Crippen molar-refractivity contribution in [2.24, 2.45) is 0 Å². The van der Waals surface area contributed by atoms with E-state index in [4.69, 9.17) is 19.7 Å². The molecule has 0 aliphatic rings. The van der Waals surface area contributed by atoms with Crippen LogP contribution in [0.1, 0.15) is 6.42 Å². The lowest BCUT2D eigenvalue weighted by molar-refractivity contribution is -0.115. The summed E-state index contributed by atoms with van der Waals surface area (Å²) in [5.74, 6) is 1.56. The van der Waals surface area contributed by atoms with Crippen molar-refractivity contribution >= 4 is 14.7 Å².